The van der Waals surface area contributed by atoms with Crippen LogP contribution in [-0.2, 0) is 4.79 Å². The van der Waals surface area contributed by atoms with Crippen LogP contribution in [0.25, 0.3) is 0 Å². The van der Waals surface area contributed by atoms with E-state index in [1.165, 1.54) is 11.3 Å². The van der Waals surface area contributed by atoms with Gasteiger partial charge in [0.2, 0.25) is 5.91 Å². The molecule has 1 aliphatic rings. The molecule has 3 N–H and O–H groups in total. The molecule has 2 aromatic rings. The topological polar surface area (TPSA) is 72.2 Å². The molecular formula is C16H16N2O2S2. The molecule has 0 fully saturated rings. The molecule has 1 unspecified atom stereocenters. The van der Waals surface area contributed by atoms with Crippen molar-refractivity contribution in [2.75, 3.05) is 11.1 Å². The van der Waals surface area contributed by atoms with Crippen LogP contribution < -0.4 is 11.1 Å². The Morgan fingerprint density at radius 3 is 2.73 bits per heavy atom. The van der Waals surface area contributed by atoms with E-state index in [4.69, 9.17) is 5.73 Å². The number of benzene rings is 1. The first-order chi connectivity index (χ1) is 10.5. The van der Waals surface area contributed by atoms with Crippen LogP contribution in [0.4, 0.5) is 5.00 Å². The molecule has 3 rings (SSSR count). The van der Waals surface area contributed by atoms with Gasteiger partial charge < -0.3 is 11.1 Å². The zero-order chi connectivity index (χ0) is 15.9. The van der Waals surface area contributed by atoms with Crippen LogP contribution >= 0.6 is 23.1 Å². The maximum Gasteiger partial charge on any atom is 0.251 e. The third kappa shape index (κ3) is 2.53. The molecule has 0 spiro atoms. The number of nitrogens with two attached hydrogens (primary N) is 1. The van der Waals surface area contributed by atoms with Gasteiger partial charge in [-0.2, -0.15) is 0 Å². The lowest BCUT2D eigenvalue weighted by Gasteiger charge is -2.11. The normalized spacial score (nSPS) is 16.4. The maximum absolute atomic E-state index is 12.6. The summed E-state index contributed by atoms with van der Waals surface area (Å²) in [6.07, 6.45) is 0. The highest BCUT2D eigenvalue weighted by Crippen LogP contribution is 2.40. The highest BCUT2D eigenvalue weighted by Gasteiger charge is 2.30. The summed E-state index contributed by atoms with van der Waals surface area (Å²) < 4.78 is 0. The lowest BCUT2D eigenvalue weighted by Crippen LogP contribution is -2.22. The van der Waals surface area contributed by atoms with E-state index in [-0.39, 0.29) is 11.8 Å². The zero-order valence-corrected chi connectivity index (χ0v) is 13.9. The minimum atomic E-state index is -0.502. The van der Waals surface area contributed by atoms with E-state index in [0.717, 1.165) is 26.7 Å². The zero-order valence-electron chi connectivity index (χ0n) is 12.3. The number of hydrogen-bond acceptors (Lipinski definition) is 4. The van der Waals surface area contributed by atoms with E-state index in [2.05, 4.69) is 5.32 Å². The summed E-state index contributed by atoms with van der Waals surface area (Å²) in [4.78, 5) is 26.4. The van der Waals surface area contributed by atoms with E-state index in [0.29, 0.717) is 10.6 Å². The van der Waals surface area contributed by atoms with Crippen molar-refractivity contribution >= 4 is 39.9 Å². The van der Waals surface area contributed by atoms with Gasteiger partial charge in [-0.25, -0.2) is 0 Å². The number of rotatable bonds is 3. The number of thiophene rings is 1. The average molecular weight is 332 g/mol. The molecule has 1 atom stereocenters. The first-order valence-electron chi connectivity index (χ1n) is 6.91. The Balaban J connectivity index is 1.88. The van der Waals surface area contributed by atoms with Crippen LogP contribution in [0.15, 0.2) is 29.2 Å². The van der Waals surface area contributed by atoms with Gasteiger partial charge in [0.25, 0.3) is 5.91 Å². The van der Waals surface area contributed by atoms with E-state index >= 15 is 0 Å². The number of anilines is 1. The molecule has 22 heavy (non-hydrogen) atoms. The van der Waals surface area contributed by atoms with Gasteiger partial charge in [0.15, 0.2) is 0 Å². The Kier molecular flexibility index (Phi) is 3.97. The van der Waals surface area contributed by atoms with Crippen molar-refractivity contribution in [1.82, 2.24) is 0 Å². The van der Waals surface area contributed by atoms with Gasteiger partial charge in [0, 0.05) is 15.5 Å². The number of primary amides is 1. The van der Waals surface area contributed by atoms with Crippen LogP contribution in [0.2, 0.25) is 0 Å². The number of nitrogens with one attached hydrogen (secondary N) is 1. The third-order valence-corrected chi connectivity index (χ3v) is 6.19. The van der Waals surface area contributed by atoms with Gasteiger partial charge in [-0.1, -0.05) is 18.2 Å². The van der Waals surface area contributed by atoms with Gasteiger partial charge in [-0.05, 0) is 31.0 Å². The van der Waals surface area contributed by atoms with Crippen LogP contribution in [-0.4, -0.2) is 17.6 Å². The molecule has 2 heterocycles. The molecule has 6 heteroatoms. The van der Waals surface area contributed by atoms with Crippen LogP contribution in [0.1, 0.15) is 32.3 Å². The van der Waals surface area contributed by atoms with Gasteiger partial charge in [-0.3, -0.25) is 9.59 Å². The summed E-state index contributed by atoms with van der Waals surface area (Å²) in [5.41, 5.74) is 7.77. The van der Waals surface area contributed by atoms with Gasteiger partial charge in [0.05, 0.1) is 11.5 Å². The van der Waals surface area contributed by atoms with Crippen LogP contribution in [0.5, 0.6) is 0 Å². The number of thioether (sulfide) groups is 1. The molecule has 0 saturated heterocycles. The Bertz CT molecular complexity index is 768. The summed E-state index contributed by atoms with van der Waals surface area (Å²) in [5, 5.41) is 3.46. The fourth-order valence-electron chi connectivity index (χ4n) is 2.59. The van der Waals surface area contributed by atoms with Crippen molar-refractivity contribution in [3.63, 3.8) is 0 Å². The minimum Gasteiger partial charge on any atom is -0.365 e. The average Bonchev–Trinajstić information content (AvgIpc) is 3.01. The van der Waals surface area contributed by atoms with E-state index in [9.17, 15) is 9.59 Å². The maximum atomic E-state index is 12.6. The molecule has 1 aromatic carbocycles. The van der Waals surface area contributed by atoms with Crippen molar-refractivity contribution in [3.05, 3.63) is 45.8 Å². The molecule has 2 amide bonds. The first kappa shape index (κ1) is 15.1. The van der Waals surface area contributed by atoms with E-state index < -0.39 is 5.91 Å². The molecule has 0 bridgehead atoms. The van der Waals surface area contributed by atoms with E-state index in [1.54, 1.807) is 11.8 Å². The molecule has 4 nitrogen and oxygen atoms in total. The fraction of sp³-hybridized carbons (Fsp3) is 0.250. The van der Waals surface area contributed by atoms with E-state index in [1.807, 2.05) is 38.1 Å². The highest BCUT2D eigenvalue weighted by atomic mass is 32.2. The Labute approximate surface area is 137 Å². The standard InChI is InChI=1S/C16H16N2O2S2/c1-8-9(2)22-16(13(8)14(17)19)18-15(20)11-7-21-12-6-4-3-5-10(11)12/h3-6,11H,7H2,1-2H3,(H2,17,19)(H,18,20). The predicted octanol–water partition coefficient (Wildman–Crippen LogP) is 3.29. The molecule has 0 aliphatic carbocycles. The Hall–Kier alpha value is -1.79. The Morgan fingerprint density at radius 2 is 2.00 bits per heavy atom. The van der Waals surface area contributed by atoms with Crippen molar-refractivity contribution < 1.29 is 9.59 Å². The molecule has 0 radical (unpaired) electrons. The summed E-state index contributed by atoms with van der Waals surface area (Å²) in [7, 11) is 0. The smallest absolute Gasteiger partial charge is 0.251 e. The van der Waals surface area contributed by atoms with Gasteiger partial charge >= 0.3 is 0 Å². The lowest BCUT2D eigenvalue weighted by atomic mass is 10.0. The number of carbonyl (C=O) groups excluding carboxylic acids is 2. The van der Waals surface area contributed by atoms with Crippen molar-refractivity contribution in [2.45, 2.75) is 24.7 Å². The number of fused-ring (bicyclic) bond motifs is 1. The lowest BCUT2D eigenvalue weighted by molar-refractivity contribution is -0.117. The van der Waals surface area contributed by atoms with Crippen LogP contribution in [0.3, 0.4) is 0 Å². The Morgan fingerprint density at radius 1 is 1.27 bits per heavy atom. The largest absolute Gasteiger partial charge is 0.365 e. The van der Waals surface area contributed by atoms with Crippen molar-refractivity contribution in [1.29, 1.82) is 0 Å². The van der Waals surface area contributed by atoms with Crippen molar-refractivity contribution in [3.8, 4) is 0 Å². The molecule has 0 saturated carbocycles. The summed E-state index contributed by atoms with van der Waals surface area (Å²) >= 11 is 3.08. The quantitative estimate of drug-likeness (QED) is 0.906. The molecular weight excluding hydrogens is 316 g/mol. The summed E-state index contributed by atoms with van der Waals surface area (Å²) in [6, 6.07) is 7.93. The first-order valence-corrected chi connectivity index (χ1v) is 8.71. The molecule has 114 valence electrons. The van der Waals surface area contributed by atoms with Crippen molar-refractivity contribution in [2.24, 2.45) is 5.73 Å². The van der Waals surface area contributed by atoms with Crippen LogP contribution in [0, 0.1) is 13.8 Å². The number of hydrogen-bond donors (Lipinski definition) is 2. The monoisotopic (exact) mass is 332 g/mol. The van der Waals surface area contributed by atoms with Gasteiger partial charge in [0.1, 0.15) is 5.00 Å². The highest BCUT2D eigenvalue weighted by molar-refractivity contribution is 7.99. The summed E-state index contributed by atoms with van der Waals surface area (Å²) in [6.45, 7) is 3.77. The summed E-state index contributed by atoms with van der Waals surface area (Å²) in [5.74, 6) is -0.0513. The third-order valence-electron chi connectivity index (χ3n) is 3.88. The second-order valence-corrected chi connectivity index (χ2v) is 7.53. The fourth-order valence-corrected chi connectivity index (χ4v) is 4.89. The predicted molar refractivity (Wildman–Crippen MR) is 90.8 cm³/mol. The SMILES string of the molecule is Cc1sc(NC(=O)C2CSc3ccccc32)c(C(N)=O)c1C. The number of aryl methyl sites for hydroxylation is 1. The van der Waals surface area contributed by atoms with Gasteiger partial charge in [-0.15, -0.1) is 23.1 Å². The second-order valence-electron chi connectivity index (χ2n) is 5.24. The number of carbonyl (C=O) groups is 2. The molecule has 1 aromatic heterocycles. The molecule has 1 aliphatic heterocycles. The second kappa shape index (κ2) is 5.78. The number of amides is 2. The minimum absolute atomic E-state index is 0.0822.